The molecule has 0 aliphatic rings. The van der Waals surface area contributed by atoms with Crippen LogP contribution in [0.4, 0.5) is 0 Å². The molecule has 0 aromatic heterocycles. The number of rotatable bonds is 0. The van der Waals surface area contributed by atoms with Crippen molar-refractivity contribution in [2.45, 2.75) is 0 Å². The first-order valence-corrected chi connectivity index (χ1v) is 2.45. The van der Waals surface area contributed by atoms with Crippen LogP contribution < -0.4 is 0 Å². The largest absolute Gasteiger partial charge is 0.169 e. The van der Waals surface area contributed by atoms with Gasteiger partial charge in [-0.25, -0.2) is 0 Å². The molecule has 0 bridgehead atoms. The Morgan fingerprint density at radius 1 is 1.25 bits per heavy atom. The van der Waals surface area contributed by atoms with Crippen molar-refractivity contribution in [1.82, 2.24) is 0 Å². The van der Waals surface area contributed by atoms with Crippen LogP contribution in [0.2, 0.25) is 0 Å². The van der Waals surface area contributed by atoms with Crippen molar-refractivity contribution in [2.24, 2.45) is 0 Å². The van der Waals surface area contributed by atoms with Gasteiger partial charge in [0.15, 0.2) is 0 Å². The molecule has 0 aliphatic heterocycles. The van der Waals surface area contributed by atoms with Crippen LogP contribution in [0, 0.1) is 0 Å². The van der Waals surface area contributed by atoms with Crippen LogP contribution in [-0.4, -0.2) is 63.9 Å². The minimum Gasteiger partial charge on any atom is -0.169 e. The average Bonchev–Trinajstić information content (AvgIpc) is 0.918. The second-order valence-electron chi connectivity index (χ2n) is 0.408. The molecule has 0 aliphatic carbocycles. The Bertz CT molecular complexity index is 6.00. The molecule has 0 atom stereocenters. The second-order valence-corrected chi connectivity index (χ2v) is 1.22. The Balaban J connectivity index is 0. The molecule has 0 heterocycles. The molecule has 2 heteroatoms. The summed E-state index contributed by atoms with van der Waals surface area (Å²) >= 11 is 1.75. The molecule has 0 aromatic carbocycles. The van der Waals surface area contributed by atoms with E-state index >= 15 is 0 Å². The monoisotopic (exact) mass is 101 g/mol. The predicted octanol–water partition coefficient (Wildman–Crippen LogP) is 0.598. The van der Waals surface area contributed by atoms with Gasteiger partial charge in [-0.1, -0.05) is 0 Å². The Kier molecular flexibility index (Phi) is 20.8. The van der Waals surface area contributed by atoms with Gasteiger partial charge in [0, 0.05) is 51.4 Å². The summed E-state index contributed by atoms with van der Waals surface area (Å²) in [5.41, 5.74) is 0. The normalized spacial score (nSPS) is 4.50. The predicted molar refractivity (Wildman–Crippen MR) is 25.2 cm³/mol. The summed E-state index contributed by atoms with van der Waals surface area (Å²) in [6, 6.07) is 0. The van der Waals surface area contributed by atoms with Crippen LogP contribution in [-0.2, 0) is 0 Å². The van der Waals surface area contributed by atoms with Gasteiger partial charge < -0.3 is 0 Å². The zero-order chi connectivity index (χ0) is 2.71. The molecule has 4 heavy (non-hydrogen) atoms. The molecule has 0 N–H and O–H groups in total. The van der Waals surface area contributed by atoms with Crippen LogP contribution in [0.25, 0.3) is 0 Å². The van der Waals surface area contributed by atoms with E-state index in [4.69, 9.17) is 0 Å². The molecule has 1 radical (unpaired) electrons. The third-order valence-corrected chi connectivity index (χ3v) is 0. The van der Waals surface area contributed by atoms with Gasteiger partial charge in [-0.15, -0.1) is 0 Å². The molecule has 0 aromatic rings. The van der Waals surface area contributed by atoms with Gasteiger partial charge in [-0.3, -0.25) is 0 Å². The average molecular weight is 101 g/mol. The molecule has 21 valence electrons. The molecule has 0 unspecified atom stereocenters. The smallest absolute Gasteiger partial charge is 0 e. The van der Waals surface area contributed by atoms with Crippen LogP contribution >= 0.6 is 11.8 Å². The molecule has 0 amide bonds. The first-order valence-electron chi connectivity index (χ1n) is 0.816. The molecule has 0 saturated carbocycles. The fraction of sp³-hybridized carbons (Fsp3) is 1.00. The zero-order valence-electron chi connectivity index (χ0n) is 3.41. The summed E-state index contributed by atoms with van der Waals surface area (Å²) in [6.07, 6.45) is 4.08. The molecule has 0 nitrogen and oxygen atoms in total. The van der Waals surface area contributed by atoms with E-state index in [1.807, 2.05) is 12.5 Å². The number of hydrogen-bond donors (Lipinski definition) is 0. The summed E-state index contributed by atoms with van der Waals surface area (Å²) in [7, 11) is 0. The van der Waals surface area contributed by atoms with Gasteiger partial charge in [0.1, 0.15) is 0 Å². The van der Waals surface area contributed by atoms with Crippen molar-refractivity contribution in [3.8, 4) is 0 Å². The van der Waals surface area contributed by atoms with E-state index in [1.54, 1.807) is 11.8 Å². The molecule has 0 saturated heterocycles. The van der Waals surface area contributed by atoms with E-state index in [9.17, 15) is 0 Å². The van der Waals surface area contributed by atoms with E-state index in [0.29, 0.717) is 0 Å². The maximum absolute atomic E-state index is 2.04. The van der Waals surface area contributed by atoms with Gasteiger partial charge in [0.05, 0.1) is 0 Å². The van der Waals surface area contributed by atoms with Crippen LogP contribution in [0.15, 0.2) is 0 Å². The van der Waals surface area contributed by atoms with Crippen molar-refractivity contribution in [3.05, 3.63) is 0 Å². The Labute approximate surface area is 74.1 Å². The third kappa shape index (κ3) is 9.01. The summed E-state index contributed by atoms with van der Waals surface area (Å²) in [4.78, 5) is 0. The van der Waals surface area contributed by atoms with Crippen molar-refractivity contribution in [2.75, 3.05) is 12.5 Å². The fourth-order valence-corrected chi connectivity index (χ4v) is 0. The number of thioether (sulfide) groups is 1. The minimum absolute atomic E-state index is 0. The second kappa shape index (κ2) is 8.88. The van der Waals surface area contributed by atoms with Crippen LogP contribution in [0.5, 0.6) is 0 Å². The van der Waals surface area contributed by atoms with Crippen molar-refractivity contribution in [3.63, 3.8) is 0 Å². The fourth-order valence-electron chi connectivity index (χ4n) is 0. The first-order chi connectivity index (χ1) is 1.41. The van der Waals surface area contributed by atoms with Crippen LogP contribution in [0.3, 0.4) is 0 Å². The van der Waals surface area contributed by atoms with E-state index in [-0.39, 0.29) is 51.4 Å². The molecule has 0 rings (SSSR count). The van der Waals surface area contributed by atoms with E-state index < -0.39 is 0 Å². The number of hydrogen-bond acceptors (Lipinski definition) is 1. The van der Waals surface area contributed by atoms with Crippen LogP contribution in [0.1, 0.15) is 0 Å². The van der Waals surface area contributed by atoms with E-state index in [2.05, 4.69) is 0 Å². The quantitative estimate of drug-likeness (QED) is 0.403. The van der Waals surface area contributed by atoms with Gasteiger partial charge in [0.2, 0.25) is 0 Å². The van der Waals surface area contributed by atoms with Gasteiger partial charge in [-0.2, -0.15) is 11.8 Å². The van der Waals surface area contributed by atoms with Gasteiger partial charge in [0.25, 0.3) is 0 Å². The molecular weight excluding hydrogens is 95.2 g/mol. The summed E-state index contributed by atoms with van der Waals surface area (Å²) in [6.45, 7) is 0. The van der Waals surface area contributed by atoms with Gasteiger partial charge >= 0.3 is 0 Å². The Morgan fingerprint density at radius 2 is 1.25 bits per heavy atom. The Morgan fingerprint density at radius 3 is 1.25 bits per heavy atom. The van der Waals surface area contributed by atoms with Gasteiger partial charge in [-0.05, 0) is 12.5 Å². The minimum atomic E-state index is 0. The maximum atomic E-state index is 2.04. The topological polar surface area (TPSA) is 0 Å². The molecular formula is C2H6KS. The summed E-state index contributed by atoms with van der Waals surface area (Å²) in [5, 5.41) is 0. The summed E-state index contributed by atoms with van der Waals surface area (Å²) in [5.74, 6) is 0. The molecule has 0 fully saturated rings. The Hall–Kier alpha value is 1.99. The van der Waals surface area contributed by atoms with E-state index in [1.165, 1.54) is 0 Å². The summed E-state index contributed by atoms with van der Waals surface area (Å²) < 4.78 is 0. The maximum Gasteiger partial charge on any atom is 0 e. The third-order valence-electron chi connectivity index (χ3n) is 0. The van der Waals surface area contributed by atoms with Crippen molar-refractivity contribution >= 4 is 63.1 Å². The first kappa shape index (κ1) is 9.37. The van der Waals surface area contributed by atoms with E-state index in [0.717, 1.165) is 0 Å². The zero-order valence-corrected chi connectivity index (χ0v) is 7.35. The SMILES string of the molecule is CSC.[K]. The van der Waals surface area contributed by atoms with Crippen molar-refractivity contribution < 1.29 is 0 Å². The molecule has 0 spiro atoms. The standard InChI is InChI=1S/C2H6S.K/c1-3-2;/h1-2H3;. The van der Waals surface area contributed by atoms with Crippen molar-refractivity contribution in [1.29, 1.82) is 0 Å².